The maximum atomic E-state index is 11.0. The van der Waals surface area contributed by atoms with Crippen LogP contribution in [0.2, 0.25) is 0 Å². The van der Waals surface area contributed by atoms with Gasteiger partial charge in [-0.2, -0.15) is 0 Å². The van der Waals surface area contributed by atoms with Crippen LogP contribution >= 0.6 is 0 Å². The zero-order valence-corrected chi connectivity index (χ0v) is 15.5. The lowest BCUT2D eigenvalue weighted by atomic mass is 10.1. The molecule has 1 heterocycles. The Morgan fingerprint density at radius 2 is 1.64 bits per heavy atom. The highest BCUT2D eigenvalue weighted by Gasteiger charge is 2.07. The topological polar surface area (TPSA) is 75.1 Å². The largest absolute Gasteiger partial charge is 0.478 e. The van der Waals surface area contributed by atoms with E-state index in [4.69, 9.17) is 5.11 Å². The molecule has 5 nitrogen and oxygen atoms in total. The number of fused-ring (bicyclic) bond motifs is 1. The van der Waals surface area contributed by atoms with Crippen LogP contribution in [-0.4, -0.2) is 27.6 Å². The maximum absolute atomic E-state index is 11.0. The quantitative estimate of drug-likeness (QED) is 0.521. The van der Waals surface area contributed by atoms with Crippen LogP contribution in [0.1, 0.15) is 17.3 Å². The van der Waals surface area contributed by atoms with E-state index in [1.165, 1.54) is 12.1 Å². The van der Waals surface area contributed by atoms with Crippen LogP contribution in [0.25, 0.3) is 22.3 Å². The number of hydrogen-bond acceptors (Lipinski definition) is 4. The van der Waals surface area contributed by atoms with E-state index >= 15 is 0 Å². The Bertz CT molecular complexity index is 1040. The van der Waals surface area contributed by atoms with Crippen LogP contribution in [0.5, 0.6) is 0 Å². The summed E-state index contributed by atoms with van der Waals surface area (Å²) in [6.45, 7) is 2.90. The molecule has 0 unspecified atom stereocenters. The molecule has 0 atom stereocenters. The molecule has 1 aromatic heterocycles. The lowest BCUT2D eigenvalue weighted by Gasteiger charge is -2.07. The maximum Gasteiger partial charge on any atom is 0.335 e. The average Bonchev–Trinajstić information content (AvgIpc) is 2.75. The van der Waals surface area contributed by atoms with E-state index in [1.54, 1.807) is 12.3 Å². The molecule has 0 fully saturated rings. The first-order valence-corrected chi connectivity index (χ1v) is 9.02. The molecule has 0 bridgehead atoms. The molecule has 2 N–H and O–H groups in total. The molecule has 0 saturated heterocycles. The number of aromatic nitrogens is 2. The van der Waals surface area contributed by atoms with E-state index in [9.17, 15) is 4.79 Å². The van der Waals surface area contributed by atoms with Gasteiger partial charge in [-0.15, -0.1) is 0 Å². The molecular formula is C23H21N3O2. The molecule has 4 aromatic rings. The van der Waals surface area contributed by atoms with Crippen molar-refractivity contribution < 1.29 is 9.90 Å². The van der Waals surface area contributed by atoms with Gasteiger partial charge in [0, 0.05) is 17.8 Å². The second-order valence-corrected chi connectivity index (χ2v) is 6.03. The second-order valence-electron chi connectivity index (χ2n) is 6.03. The predicted molar refractivity (Wildman–Crippen MR) is 113 cm³/mol. The van der Waals surface area contributed by atoms with Gasteiger partial charge in [0.1, 0.15) is 0 Å². The fraction of sp³-hybridized carbons (Fsp3) is 0.0870. The summed E-state index contributed by atoms with van der Waals surface area (Å²) >= 11 is 0. The van der Waals surface area contributed by atoms with E-state index in [0.717, 1.165) is 23.5 Å². The highest BCUT2D eigenvalue weighted by atomic mass is 16.4. The molecule has 0 radical (unpaired) electrons. The first-order chi connectivity index (χ1) is 13.7. The smallest absolute Gasteiger partial charge is 0.335 e. The Morgan fingerprint density at radius 1 is 0.929 bits per heavy atom. The molecule has 0 saturated carbocycles. The first kappa shape index (κ1) is 19.0. The zero-order valence-electron chi connectivity index (χ0n) is 15.5. The van der Waals surface area contributed by atoms with Gasteiger partial charge in [0.05, 0.1) is 28.5 Å². The van der Waals surface area contributed by atoms with Crippen molar-refractivity contribution in [3.05, 3.63) is 90.6 Å². The number of anilines is 1. The molecule has 3 aromatic carbocycles. The number of benzene rings is 3. The van der Waals surface area contributed by atoms with Crippen molar-refractivity contribution in [1.29, 1.82) is 0 Å². The van der Waals surface area contributed by atoms with Crippen molar-refractivity contribution >= 4 is 22.7 Å². The molecule has 0 amide bonds. The van der Waals surface area contributed by atoms with Gasteiger partial charge in [-0.25, -0.2) is 9.78 Å². The van der Waals surface area contributed by atoms with E-state index in [0.29, 0.717) is 11.0 Å². The van der Waals surface area contributed by atoms with Crippen LogP contribution in [0.3, 0.4) is 0 Å². The van der Waals surface area contributed by atoms with Crippen molar-refractivity contribution in [3.63, 3.8) is 0 Å². The Kier molecular flexibility index (Phi) is 6.31. The average molecular weight is 371 g/mol. The number of carboxylic acid groups (broad SMARTS) is 1. The van der Waals surface area contributed by atoms with Gasteiger partial charge in [0.25, 0.3) is 0 Å². The molecule has 28 heavy (non-hydrogen) atoms. The third-order valence-corrected chi connectivity index (χ3v) is 4.00. The summed E-state index contributed by atoms with van der Waals surface area (Å²) in [5.74, 6) is -0.967. The molecular weight excluding hydrogens is 350 g/mol. The van der Waals surface area contributed by atoms with Crippen molar-refractivity contribution in [2.75, 3.05) is 11.9 Å². The van der Waals surface area contributed by atoms with Crippen molar-refractivity contribution in [1.82, 2.24) is 9.97 Å². The normalized spacial score (nSPS) is 10.0. The van der Waals surface area contributed by atoms with E-state index in [-0.39, 0.29) is 5.56 Å². The van der Waals surface area contributed by atoms with E-state index in [2.05, 4.69) is 15.3 Å². The Morgan fingerprint density at radius 3 is 2.29 bits per heavy atom. The van der Waals surface area contributed by atoms with Gasteiger partial charge < -0.3 is 10.4 Å². The van der Waals surface area contributed by atoms with Crippen LogP contribution in [0.15, 0.2) is 85.1 Å². The number of aromatic carboxylic acids is 1. The highest BCUT2D eigenvalue weighted by Crippen LogP contribution is 2.22. The molecule has 0 aliphatic heterocycles. The van der Waals surface area contributed by atoms with Crippen LogP contribution in [-0.2, 0) is 0 Å². The van der Waals surface area contributed by atoms with Gasteiger partial charge in [0.15, 0.2) is 0 Å². The fourth-order valence-corrected chi connectivity index (χ4v) is 2.66. The van der Waals surface area contributed by atoms with Crippen LogP contribution in [0.4, 0.5) is 5.69 Å². The Labute approximate surface area is 163 Å². The second kappa shape index (κ2) is 9.28. The van der Waals surface area contributed by atoms with E-state index in [1.807, 2.05) is 67.6 Å². The van der Waals surface area contributed by atoms with Crippen molar-refractivity contribution in [3.8, 4) is 11.3 Å². The predicted octanol–water partition coefficient (Wildman–Crippen LogP) is 5.11. The van der Waals surface area contributed by atoms with Crippen molar-refractivity contribution in [2.45, 2.75) is 6.92 Å². The lowest BCUT2D eigenvalue weighted by molar-refractivity contribution is 0.0697. The number of nitrogens with one attached hydrogen (secondary N) is 1. The molecule has 5 heteroatoms. The highest BCUT2D eigenvalue weighted by molar-refractivity contribution is 5.92. The minimum absolute atomic E-state index is 0.212. The standard InChI is InChI=1S/C17H15N3O2.C6H6/c1-2-18-13-5-3-4-11(8-13)16-10-19-15-9-12(17(21)22)6-7-14(15)20-16;1-2-4-6-5-3-1/h3-10,18H,2H2,1H3,(H,21,22);1-6H. The van der Waals surface area contributed by atoms with E-state index < -0.39 is 5.97 Å². The van der Waals surface area contributed by atoms with Gasteiger partial charge in [0.2, 0.25) is 0 Å². The van der Waals surface area contributed by atoms with Gasteiger partial charge in [-0.05, 0) is 37.3 Å². The number of carboxylic acids is 1. The lowest BCUT2D eigenvalue weighted by Crippen LogP contribution is -1.98. The first-order valence-electron chi connectivity index (χ1n) is 9.02. The molecule has 0 aliphatic carbocycles. The van der Waals surface area contributed by atoms with Crippen LogP contribution in [0, 0.1) is 0 Å². The summed E-state index contributed by atoms with van der Waals surface area (Å²) in [4.78, 5) is 19.9. The Hall–Kier alpha value is -3.73. The summed E-state index contributed by atoms with van der Waals surface area (Å²) in [5.41, 5.74) is 4.22. The third kappa shape index (κ3) is 4.92. The third-order valence-electron chi connectivity index (χ3n) is 4.00. The zero-order chi connectivity index (χ0) is 19.8. The van der Waals surface area contributed by atoms with Gasteiger partial charge >= 0.3 is 5.97 Å². The SMILES string of the molecule is CCNc1cccc(-c2cnc3cc(C(=O)O)ccc3n2)c1.c1ccccc1. The number of hydrogen-bond donors (Lipinski definition) is 2. The Balaban J connectivity index is 0.000000320. The van der Waals surface area contributed by atoms with Crippen LogP contribution < -0.4 is 5.32 Å². The molecule has 140 valence electrons. The minimum Gasteiger partial charge on any atom is -0.478 e. The summed E-state index contributed by atoms with van der Waals surface area (Å²) in [7, 11) is 0. The number of rotatable bonds is 4. The molecule has 4 rings (SSSR count). The minimum atomic E-state index is -0.967. The number of nitrogens with zero attached hydrogens (tertiary/aromatic N) is 2. The number of carbonyl (C=O) groups is 1. The molecule has 0 aliphatic rings. The van der Waals surface area contributed by atoms with Gasteiger partial charge in [-0.1, -0.05) is 48.5 Å². The summed E-state index contributed by atoms with van der Waals surface area (Å²) < 4.78 is 0. The molecule has 0 spiro atoms. The van der Waals surface area contributed by atoms with Gasteiger partial charge in [-0.3, -0.25) is 4.98 Å². The summed E-state index contributed by atoms with van der Waals surface area (Å²) in [6, 6.07) is 24.7. The summed E-state index contributed by atoms with van der Waals surface area (Å²) in [5, 5.41) is 12.3. The van der Waals surface area contributed by atoms with Crippen molar-refractivity contribution in [2.24, 2.45) is 0 Å². The monoisotopic (exact) mass is 371 g/mol. The fourth-order valence-electron chi connectivity index (χ4n) is 2.66. The summed E-state index contributed by atoms with van der Waals surface area (Å²) in [6.07, 6.45) is 1.67.